The number of aromatic nitrogens is 1. The van der Waals surface area contributed by atoms with E-state index in [9.17, 15) is 0 Å². The molecule has 0 unspecified atom stereocenters. The SMILES string of the molecule is COc1ccc2cc3c(c(-c4cn(Cc5ccccc5)c5ccccc45)c2c1)COC3. The Labute approximate surface area is 181 Å². The number of rotatable bonds is 4. The maximum atomic E-state index is 5.88. The molecule has 0 amide bonds. The fourth-order valence-corrected chi connectivity index (χ4v) is 4.82. The van der Waals surface area contributed by atoms with Crippen molar-refractivity contribution in [3.8, 4) is 16.9 Å². The summed E-state index contributed by atoms with van der Waals surface area (Å²) in [7, 11) is 1.73. The fourth-order valence-electron chi connectivity index (χ4n) is 4.82. The molecule has 0 bridgehead atoms. The van der Waals surface area contributed by atoms with Crippen molar-refractivity contribution in [1.29, 1.82) is 0 Å². The third kappa shape index (κ3) is 3.01. The predicted molar refractivity (Wildman–Crippen MR) is 125 cm³/mol. The highest BCUT2D eigenvalue weighted by Crippen LogP contribution is 2.42. The topological polar surface area (TPSA) is 23.4 Å². The first-order chi connectivity index (χ1) is 15.3. The molecule has 31 heavy (non-hydrogen) atoms. The summed E-state index contributed by atoms with van der Waals surface area (Å²) in [5.41, 5.74) is 7.65. The molecule has 4 aromatic carbocycles. The highest BCUT2D eigenvalue weighted by molar-refractivity contribution is 6.07. The Morgan fingerprint density at radius 3 is 2.58 bits per heavy atom. The lowest BCUT2D eigenvalue weighted by Gasteiger charge is -2.13. The summed E-state index contributed by atoms with van der Waals surface area (Å²) in [6.07, 6.45) is 2.31. The van der Waals surface area contributed by atoms with Crippen LogP contribution in [0.25, 0.3) is 32.8 Å². The van der Waals surface area contributed by atoms with Crippen LogP contribution in [0.1, 0.15) is 16.7 Å². The van der Waals surface area contributed by atoms with Gasteiger partial charge in [0.15, 0.2) is 0 Å². The molecule has 0 N–H and O–H groups in total. The molecule has 0 aliphatic carbocycles. The summed E-state index contributed by atoms with van der Waals surface area (Å²) in [5, 5.41) is 3.70. The molecule has 3 nitrogen and oxygen atoms in total. The van der Waals surface area contributed by atoms with Gasteiger partial charge in [0.2, 0.25) is 0 Å². The van der Waals surface area contributed by atoms with Crippen LogP contribution in [0.15, 0.2) is 85.1 Å². The molecule has 152 valence electrons. The number of hydrogen-bond acceptors (Lipinski definition) is 2. The summed E-state index contributed by atoms with van der Waals surface area (Å²) in [5.74, 6) is 0.876. The Kier molecular flexibility index (Phi) is 4.29. The normalized spacial score (nSPS) is 13.1. The number of ether oxygens (including phenoxy) is 2. The van der Waals surface area contributed by atoms with Crippen LogP contribution >= 0.6 is 0 Å². The number of methoxy groups -OCH3 is 1. The van der Waals surface area contributed by atoms with Crippen LogP contribution in [0.5, 0.6) is 5.75 Å². The van der Waals surface area contributed by atoms with Crippen molar-refractivity contribution >= 4 is 21.7 Å². The number of hydrogen-bond donors (Lipinski definition) is 0. The highest BCUT2D eigenvalue weighted by Gasteiger charge is 2.23. The second-order valence-electron chi connectivity index (χ2n) is 8.14. The van der Waals surface area contributed by atoms with Gasteiger partial charge in [-0.3, -0.25) is 0 Å². The van der Waals surface area contributed by atoms with Crippen LogP contribution in [-0.2, 0) is 24.5 Å². The largest absolute Gasteiger partial charge is 0.497 e. The van der Waals surface area contributed by atoms with E-state index in [2.05, 4.69) is 83.6 Å². The van der Waals surface area contributed by atoms with E-state index in [1.54, 1.807) is 7.11 Å². The summed E-state index contributed by atoms with van der Waals surface area (Å²) in [6, 6.07) is 27.9. The average Bonchev–Trinajstić information content (AvgIpc) is 3.43. The minimum atomic E-state index is 0.649. The molecular weight excluding hydrogens is 382 g/mol. The van der Waals surface area contributed by atoms with Crippen molar-refractivity contribution in [1.82, 2.24) is 4.57 Å². The van der Waals surface area contributed by atoms with Crippen molar-refractivity contribution in [3.63, 3.8) is 0 Å². The van der Waals surface area contributed by atoms with Crippen LogP contribution in [0.3, 0.4) is 0 Å². The second kappa shape index (κ2) is 7.29. The van der Waals surface area contributed by atoms with E-state index in [4.69, 9.17) is 9.47 Å². The molecule has 0 atom stereocenters. The van der Waals surface area contributed by atoms with Gasteiger partial charge in [-0.2, -0.15) is 0 Å². The molecule has 1 aliphatic rings. The van der Waals surface area contributed by atoms with Gasteiger partial charge in [-0.25, -0.2) is 0 Å². The van der Waals surface area contributed by atoms with Crippen molar-refractivity contribution in [2.45, 2.75) is 19.8 Å². The lowest BCUT2D eigenvalue weighted by Crippen LogP contribution is -1.97. The van der Waals surface area contributed by atoms with Gasteiger partial charge in [-0.05, 0) is 57.3 Å². The number of nitrogens with zero attached hydrogens (tertiary/aromatic N) is 1. The van der Waals surface area contributed by atoms with Gasteiger partial charge < -0.3 is 14.0 Å². The highest BCUT2D eigenvalue weighted by atomic mass is 16.5. The number of benzene rings is 4. The van der Waals surface area contributed by atoms with Gasteiger partial charge in [0, 0.05) is 29.2 Å². The molecule has 1 aliphatic heterocycles. The lowest BCUT2D eigenvalue weighted by molar-refractivity contribution is 0.134. The van der Waals surface area contributed by atoms with Gasteiger partial charge in [0.1, 0.15) is 5.75 Å². The van der Waals surface area contributed by atoms with Gasteiger partial charge in [-0.1, -0.05) is 54.6 Å². The van der Waals surface area contributed by atoms with Gasteiger partial charge in [0.25, 0.3) is 0 Å². The van der Waals surface area contributed by atoms with Crippen LogP contribution in [0.2, 0.25) is 0 Å². The van der Waals surface area contributed by atoms with Crippen molar-refractivity contribution in [2.75, 3.05) is 7.11 Å². The average molecular weight is 405 g/mol. The Morgan fingerprint density at radius 1 is 0.871 bits per heavy atom. The Hall–Kier alpha value is -3.56. The Morgan fingerprint density at radius 2 is 1.71 bits per heavy atom. The molecule has 3 heteroatoms. The molecule has 6 rings (SSSR count). The van der Waals surface area contributed by atoms with Crippen LogP contribution in [0, 0.1) is 0 Å². The molecule has 0 radical (unpaired) electrons. The molecule has 0 saturated heterocycles. The zero-order chi connectivity index (χ0) is 20.8. The third-order valence-corrected chi connectivity index (χ3v) is 6.31. The van der Waals surface area contributed by atoms with E-state index in [0.717, 1.165) is 12.3 Å². The minimum Gasteiger partial charge on any atom is -0.497 e. The Balaban J connectivity index is 1.64. The van der Waals surface area contributed by atoms with Crippen LogP contribution in [-0.4, -0.2) is 11.7 Å². The van der Waals surface area contributed by atoms with Gasteiger partial charge in [-0.15, -0.1) is 0 Å². The quantitative estimate of drug-likeness (QED) is 0.338. The molecule has 0 fully saturated rings. The first-order valence-corrected chi connectivity index (χ1v) is 10.6. The van der Waals surface area contributed by atoms with E-state index in [1.807, 2.05) is 6.07 Å². The van der Waals surface area contributed by atoms with E-state index in [0.29, 0.717) is 13.2 Å². The molecular formula is C28H23NO2. The molecule has 1 aromatic heterocycles. The summed E-state index contributed by atoms with van der Waals surface area (Å²) >= 11 is 0. The third-order valence-electron chi connectivity index (χ3n) is 6.31. The lowest BCUT2D eigenvalue weighted by atomic mass is 9.90. The minimum absolute atomic E-state index is 0.649. The van der Waals surface area contributed by atoms with E-state index >= 15 is 0 Å². The molecule has 0 saturated carbocycles. The van der Waals surface area contributed by atoms with E-state index in [1.165, 1.54) is 49.5 Å². The van der Waals surface area contributed by atoms with E-state index in [-0.39, 0.29) is 0 Å². The maximum absolute atomic E-state index is 5.88. The van der Waals surface area contributed by atoms with Crippen molar-refractivity contribution < 1.29 is 9.47 Å². The summed E-state index contributed by atoms with van der Waals surface area (Å²) in [6.45, 7) is 2.16. The molecule has 5 aromatic rings. The fraction of sp³-hybridized carbons (Fsp3) is 0.143. The summed E-state index contributed by atoms with van der Waals surface area (Å²) < 4.78 is 13.8. The first-order valence-electron chi connectivity index (χ1n) is 10.6. The van der Waals surface area contributed by atoms with Crippen LogP contribution in [0.4, 0.5) is 0 Å². The summed E-state index contributed by atoms with van der Waals surface area (Å²) in [4.78, 5) is 0. The van der Waals surface area contributed by atoms with Gasteiger partial charge in [0.05, 0.1) is 20.3 Å². The zero-order valence-corrected chi connectivity index (χ0v) is 17.5. The maximum Gasteiger partial charge on any atom is 0.119 e. The number of fused-ring (bicyclic) bond motifs is 3. The van der Waals surface area contributed by atoms with Crippen LogP contribution < -0.4 is 4.74 Å². The smallest absolute Gasteiger partial charge is 0.119 e. The van der Waals surface area contributed by atoms with E-state index < -0.39 is 0 Å². The second-order valence-corrected chi connectivity index (χ2v) is 8.14. The molecule has 0 spiro atoms. The van der Waals surface area contributed by atoms with Crippen molar-refractivity contribution in [2.24, 2.45) is 0 Å². The van der Waals surface area contributed by atoms with Gasteiger partial charge >= 0.3 is 0 Å². The monoisotopic (exact) mass is 405 g/mol. The first kappa shape index (κ1) is 18.2. The Bertz CT molecular complexity index is 1420. The molecule has 2 heterocycles. The standard InChI is InChI=1S/C28H23NO2/c1-30-22-12-11-20-13-21-17-31-18-26(21)28(24(20)14-22)25-16-29(15-19-7-3-2-4-8-19)27-10-6-5-9-23(25)27/h2-14,16H,15,17-18H2,1H3. The zero-order valence-electron chi connectivity index (χ0n) is 17.5. The predicted octanol–water partition coefficient (Wildman–Crippen LogP) is 6.55. The van der Waals surface area contributed by atoms with Crippen molar-refractivity contribution in [3.05, 3.63) is 102 Å². The number of para-hydroxylation sites is 1.